The van der Waals surface area contributed by atoms with Crippen LogP contribution in [0.4, 0.5) is 0 Å². The molecular formula is C14H28MgO4. The van der Waals surface area contributed by atoms with Crippen LogP contribution in [0.5, 0.6) is 0 Å². The maximum atomic E-state index is 10.9. The van der Waals surface area contributed by atoms with Gasteiger partial charge in [0, 0.05) is 0 Å². The summed E-state index contributed by atoms with van der Waals surface area (Å²) in [5.74, 6) is -1.77. The maximum absolute atomic E-state index is 10.9. The number of rotatable bonds is 12. The van der Waals surface area contributed by atoms with Crippen LogP contribution in [0.15, 0.2) is 0 Å². The van der Waals surface area contributed by atoms with Crippen LogP contribution in [0.3, 0.4) is 0 Å². The van der Waals surface area contributed by atoms with Crippen molar-refractivity contribution in [2.45, 2.75) is 71.1 Å². The summed E-state index contributed by atoms with van der Waals surface area (Å²) < 4.78 is 4.79. The lowest BCUT2D eigenvalue weighted by atomic mass is 10.1. The van der Waals surface area contributed by atoms with Gasteiger partial charge in [-0.3, -0.25) is 9.59 Å². The SMILES string of the molecule is CCCCCCCCCCCOC(=O)CC(=O)O.[MgH2]. The van der Waals surface area contributed by atoms with Gasteiger partial charge >= 0.3 is 35.0 Å². The van der Waals surface area contributed by atoms with Crippen LogP contribution in [0, 0.1) is 0 Å². The Labute approximate surface area is 132 Å². The highest BCUT2D eigenvalue weighted by atomic mass is 24.3. The second-order valence-electron chi connectivity index (χ2n) is 4.62. The first-order chi connectivity index (χ1) is 8.66. The average Bonchev–Trinajstić information content (AvgIpc) is 2.30. The number of aliphatic carboxylic acids is 1. The van der Waals surface area contributed by atoms with E-state index in [-0.39, 0.29) is 23.1 Å². The third kappa shape index (κ3) is 17.7. The highest BCUT2D eigenvalue weighted by Crippen LogP contribution is 2.09. The van der Waals surface area contributed by atoms with Gasteiger partial charge in [-0.05, 0) is 6.42 Å². The van der Waals surface area contributed by atoms with Crippen molar-refractivity contribution in [3.63, 3.8) is 0 Å². The van der Waals surface area contributed by atoms with Gasteiger partial charge in [0.1, 0.15) is 6.42 Å². The number of carbonyl (C=O) groups excluding carboxylic acids is 1. The van der Waals surface area contributed by atoms with Gasteiger partial charge in [-0.2, -0.15) is 0 Å². The van der Waals surface area contributed by atoms with Crippen LogP contribution in [-0.4, -0.2) is 46.7 Å². The van der Waals surface area contributed by atoms with E-state index in [9.17, 15) is 9.59 Å². The number of carboxylic acids is 1. The molecule has 0 fully saturated rings. The van der Waals surface area contributed by atoms with Gasteiger partial charge in [0.15, 0.2) is 0 Å². The number of unbranched alkanes of at least 4 members (excludes halogenated alkanes) is 8. The molecule has 0 aliphatic rings. The number of ether oxygens (including phenoxy) is 1. The van der Waals surface area contributed by atoms with E-state index in [1.807, 2.05) is 0 Å². The van der Waals surface area contributed by atoms with E-state index < -0.39 is 18.4 Å². The lowest BCUT2D eigenvalue weighted by Gasteiger charge is -2.03. The van der Waals surface area contributed by atoms with E-state index in [1.54, 1.807) is 0 Å². The summed E-state index contributed by atoms with van der Waals surface area (Å²) in [5, 5.41) is 8.34. The van der Waals surface area contributed by atoms with Crippen molar-refractivity contribution >= 4 is 35.0 Å². The van der Waals surface area contributed by atoms with Gasteiger partial charge in [-0.15, -0.1) is 0 Å². The molecule has 110 valence electrons. The Morgan fingerprint density at radius 3 is 1.84 bits per heavy atom. The molecule has 0 heterocycles. The van der Waals surface area contributed by atoms with E-state index in [0.717, 1.165) is 12.8 Å². The Kier molecular flexibility index (Phi) is 17.4. The minimum atomic E-state index is -1.13. The molecule has 0 aromatic heterocycles. The molecule has 0 aliphatic heterocycles. The van der Waals surface area contributed by atoms with Crippen LogP contribution >= 0.6 is 0 Å². The largest absolute Gasteiger partial charge is 0.481 e. The molecule has 0 aromatic rings. The molecule has 0 rings (SSSR count). The van der Waals surface area contributed by atoms with E-state index in [4.69, 9.17) is 9.84 Å². The molecule has 0 radical (unpaired) electrons. The summed E-state index contributed by atoms with van der Waals surface area (Å²) in [6.07, 6.45) is 10.3. The number of carbonyl (C=O) groups is 2. The Morgan fingerprint density at radius 1 is 0.895 bits per heavy atom. The molecule has 0 aliphatic carbocycles. The molecule has 5 heteroatoms. The van der Waals surface area contributed by atoms with E-state index in [0.29, 0.717) is 6.61 Å². The molecule has 0 unspecified atom stereocenters. The van der Waals surface area contributed by atoms with E-state index in [1.165, 1.54) is 44.9 Å². The molecule has 0 atom stereocenters. The lowest BCUT2D eigenvalue weighted by molar-refractivity contribution is -0.151. The molecule has 19 heavy (non-hydrogen) atoms. The Balaban J connectivity index is 0. The smallest absolute Gasteiger partial charge is 0.317 e. The van der Waals surface area contributed by atoms with Crippen molar-refractivity contribution < 1.29 is 19.4 Å². The van der Waals surface area contributed by atoms with Crippen LogP contribution in [0.2, 0.25) is 0 Å². The quantitative estimate of drug-likeness (QED) is 0.259. The Morgan fingerprint density at radius 2 is 1.37 bits per heavy atom. The Hall–Kier alpha value is -0.294. The van der Waals surface area contributed by atoms with Crippen molar-refractivity contribution in [2.24, 2.45) is 0 Å². The second-order valence-corrected chi connectivity index (χ2v) is 4.62. The third-order valence-electron chi connectivity index (χ3n) is 2.81. The fourth-order valence-corrected chi connectivity index (χ4v) is 1.77. The summed E-state index contributed by atoms with van der Waals surface area (Å²) in [4.78, 5) is 21.1. The molecule has 0 bridgehead atoms. The summed E-state index contributed by atoms with van der Waals surface area (Å²) in [6.45, 7) is 2.56. The topological polar surface area (TPSA) is 63.6 Å². The molecule has 0 spiro atoms. The predicted octanol–water partition coefficient (Wildman–Crippen LogP) is 2.62. The van der Waals surface area contributed by atoms with Gasteiger partial charge < -0.3 is 9.84 Å². The fraction of sp³-hybridized carbons (Fsp3) is 0.857. The monoisotopic (exact) mass is 284 g/mol. The van der Waals surface area contributed by atoms with Crippen molar-refractivity contribution in [3.05, 3.63) is 0 Å². The van der Waals surface area contributed by atoms with Crippen LogP contribution in [-0.2, 0) is 14.3 Å². The summed E-state index contributed by atoms with van der Waals surface area (Å²) in [5.41, 5.74) is 0. The zero-order valence-electron chi connectivity index (χ0n) is 11.5. The summed E-state index contributed by atoms with van der Waals surface area (Å²) >= 11 is 0. The van der Waals surface area contributed by atoms with Crippen molar-refractivity contribution in [3.8, 4) is 0 Å². The highest BCUT2D eigenvalue weighted by Gasteiger charge is 2.07. The van der Waals surface area contributed by atoms with Crippen molar-refractivity contribution in [1.29, 1.82) is 0 Å². The first-order valence-electron chi connectivity index (χ1n) is 7.04. The van der Waals surface area contributed by atoms with Crippen molar-refractivity contribution in [1.82, 2.24) is 0 Å². The van der Waals surface area contributed by atoms with Gasteiger partial charge in [0.05, 0.1) is 6.61 Å². The zero-order chi connectivity index (χ0) is 13.6. The molecule has 4 nitrogen and oxygen atoms in total. The summed E-state index contributed by atoms with van der Waals surface area (Å²) in [7, 11) is 0. The predicted molar refractivity (Wildman–Crippen MR) is 79.0 cm³/mol. The molecule has 0 saturated carbocycles. The second kappa shape index (κ2) is 15.8. The van der Waals surface area contributed by atoms with Crippen LogP contribution < -0.4 is 0 Å². The van der Waals surface area contributed by atoms with Gasteiger partial charge in [0.25, 0.3) is 0 Å². The average molecular weight is 285 g/mol. The molecule has 1 N–H and O–H groups in total. The minimum absolute atomic E-state index is 0. The lowest BCUT2D eigenvalue weighted by Crippen LogP contribution is -2.11. The fourth-order valence-electron chi connectivity index (χ4n) is 1.77. The number of esters is 1. The summed E-state index contributed by atoms with van der Waals surface area (Å²) in [6, 6.07) is 0. The minimum Gasteiger partial charge on any atom is -0.481 e. The highest BCUT2D eigenvalue weighted by molar-refractivity contribution is 5.90. The van der Waals surface area contributed by atoms with Crippen LogP contribution in [0.25, 0.3) is 0 Å². The Bertz CT molecular complexity index is 231. The number of carboxylic acid groups (broad SMARTS) is 1. The molecule has 0 amide bonds. The van der Waals surface area contributed by atoms with Gasteiger partial charge in [-0.1, -0.05) is 58.3 Å². The van der Waals surface area contributed by atoms with Gasteiger partial charge in [0.2, 0.25) is 0 Å². The number of hydrogen-bond donors (Lipinski definition) is 1. The normalized spacial score (nSPS) is 9.74. The molecule has 0 saturated heterocycles. The third-order valence-corrected chi connectivity index (χ3v) is 2.81. The maximum Gasteiger partial charge on any atom is 0.317 e. The van der Waals surface area contributed by atoms with Crippen LogP contribution in [0.1, 0.15) is 71.1 Å². The number of hydrogen-bond acceptors (Lipinski definition) is 3. The molecular weight excluding hydrogens is 256 g/mol. The first kappa shape index (κ1) is 21.0. The first-order valence-corrected chi connectivity index (χ1v) is 7.04. The van der Waals surface area contributed by atoms with Crippen molar-refractivity contribution in [2.75, 3.05) is 6.61 Å². The van der Waals surface area contributed by atoms with Gasteiger partial charge in [-0.25, -0.2) is 0 Å². The van der Waals surface area contributed by atoms with E-state index >= 15 is 0 Å². The van der Waals surface area contributed by atoms with E-state index in [2.05, 4.69) is 6.92 Å². The molecule has 0 aromatic carbocycles. The zero-order valence-corrected chi connectivity index (χ0v) is 11.5. The standard InChI is InChI=1S/C14H26O4.Mg.2H/c1-2-3-4-5-6-7-8-9-10-11-18-14(17)12-13(15)16;;;/h2-12H2,1H3,(H,15,16);;;.